The van der Waals surface area contributed by atoms with Gasteiger partial charge in [0.2, 0.25) is 0 Å². The highest BCUT2D eigenvalue weighted by Crippen LogP contribution is 2.08. The number of carboxylic acids is 2. The van der Waals surface area contributed by atoms with E-state index in [9.17, 15) is 9.59 Å². The molecule has 17 heavy (non-hydrogen) atoms. The molecule has 0 aliphatic rings. The number of rotatable bonds is 3. The summed E-state index contributed by atoms with van der Waals surface area (Å²) in [6, 6.07) is 5.24. The van der Waals surface area contributed by atoms with Gasteiger partial charge in [0.15, 0.2) is 0 Å². The molecule has 0 spiro atoms. The number of carboxylic acid groups (broad SMARTS) is 2. The van der Waals surface area contributed by atoms with Crippen LogP contribution in [0.25, 0.3) is 0 Å². The van der Waals surface area contributed by atoms with Gasteiger partial charge in [-0.2, -0.15) is 0 Å². The molecule has 0 aliphatic carbocycles. The third-order valence-corrected chi connectivity index (χ3v) is 1.71. The van der Waals surface area contributed by atoms with Crippen molar-refractivity contribution < 1.29 is 24.9 Å². The van der Waals surface area contributed by atoms with Crippen molar-refractivity contribution in [2.75, 3.05) is 12.3 Å². The Labute approximate surface area is 97.3 Å². The number of aromatic carboxylic acids is 1. The number of aliphatic carboxylic acids is 1. The highest BCUT2D eigenvalue weighted by molar-refractivity contribution is 5.93. The lowest BCUT2D eigenvalue weighted by Crippen LogP contribution is -2.33. The molecule has 0 unspecified atom stereocenters. The molecule has 1 rings (SSSR count). The molecule has 1 aromatic carbocycles. The van der Waals surface area contributed by atoms with Gasteiger partial charge in [-0.05, 0) is 12.1 Å². The second-order valence-electron chi connectivity index (χ2n) is 3.02. The number of benzene rings is 1. The molecule has 7 N–H and O–H groups in total. The molecular formula is C10H14N2O5. The standard InChI is InChI=1S/C7H7NO2.C3H7NO3/c8-6-4-2-1-3-5(6)7(9)10;4-2(1-5)3(6)7/h1-4H,8H2,(H,9,10);2,5H,1,4H2,(H,6,7)/t;2-/m.0/s1. The molecule has 0 saturated carbocycles. The lowest BCUT2D eigenvalue weighted by atomic mass is 10.2. The van der Waals surface area contributed by atoms with Gasteiger partial charge in [0.05, 0.1) is 12.2 Å². The first-order chi connectivity index (χ1) is 7.90. The molecule has 0 saturated heterocycles. The Hall–Kier alpha value is -2.12. The Morgan fingerprint density at radius 1 is 1.24 bits per heavy atom. The highest BCUT2D eigenvalue weighted by atomic mass is 16.4. The van der Waals surface area contributed by atoms with Gasteiger partial charge < -0.3 is 26.8 Å². The van der Waals surface area contributed by atoms with Crippen LogP contribution in [0.4, 0.5) is 5.69 Å². The molecule has 7 heteroatoms. The minimum atomic E-state index is -1.18. The summed E-state index contributed by atoms with van der Waals surface area (Å²) in [4.78, 5) is 20.0. The van der Waals surface area contributed by atoms with Crippen molar-refractivity contribution in [3.63, 3.8) is 0 Å². The number of nitrogens with two attached hydrogens (primary N) is 2. The second-order valence-corrected chi connectivity index (χ2v) is 3.02. The number of aliphatic hydroxyl groups excluding tert-OH is 1. The maximum absolute atomic E-state index is 10.3. The quantitative estimate of drug-likeness (QED) is 0.443. The zero-order valence-electron chi connectivity index (χ0n) is 8.91. The molecule has 0 amide bonds. The van der Waals surface area contributed by atoms with Crippen molar-refractivity contribution in [3.05, 3.63) is 29.8 Å². The molecule has 0 fully saturated rings. The first-order valence-corrected chi connectivity index (χ1v) is 4.57. The maximum Gasteiger partial charge on any atom is 0.337 e. The predicted octanol–water partition coefficient (Wildman–Crippen LogP) is -0.642. The third-order valence-electron chi connectivity index (χ3n) is 1.71. The molecule has 0 heterocycles. The first-order valence-electron chi connectivity index (χ1n) is 4.57. The number of nitrogen functional groups attached to an aromatic ring is 1. The lowest BCUT2D eigenvalue weighted by molar-refractivity contribution is -0.139. The predicted molar refractivity (Wildman–Crippen MR) is 60.5 cm³/mol. The number of carbonyl (C=O) groups is 2. The van der Waals surface area contributed by atoms with Crippen molar-refractivity contribution in [1.29, 1.82) is 0 Å². The molecule has 0 aliphatic heterocycles. The number of anilines is 1. The van der Waals surface area contributed by atoms with E-state index in [1.54, 1.807) is 18.2 Å². The molecule has 0 radical (unpaired) electrons. The molecule has 7 nitrogen and oxygen atoms in total. The Bertz CT molecular complexity index is 394. The van der Waals surface area contributed by atoms with E-state index in [1.165, 1.54) is 6.07 Å². The van der Waals surface area contributed by atoms with Crippen LogP contribution in [0.1, 0.15) is 10.4 Å². The summed E-state index contributed by atoms with van der Waals surface area (Å²) >= 11 is 0. The van der Waals surface area contributed by atoms with Crippen molar-refractivity contribution in [3.8, 4) is 0 Å². The molecule has 94 valence electrons. The van der Waals surface area contributed by atoms with E-state index in [1.807, 2.05) is 0 Å². The fourth-order valence-electron chi connectivity index (χ4n) is 0.770. The third kappa shape index (κ3) is 5.50. The van der Waals surface area contributed by atoms with E-state index >= 15 is 0 Å². The van der Waals surface area contributed by atoms with Crippen LogP contribution >= 0.6 is 0 Å². The fourth-order valence-corrected chi connectivity index (χ4v) is 0.770. The smallest absolute Gasteiger partial charge is 0.337 e. The minimum Gasteiger partial charge on any atom is -0.480 e. The average molecular weight is 242 g/mol. The second kappa shape index (κ2) is 7.20. The molecule has 1 atom stereocenters. The van der Waals surface area contributed by atoms with Crippen LogP contribution in [0, 0.1) is 0 Å². The number of hydrogen-bond donors (Lipinski definition) is 5. The highest BCUT2D eigenvalue weighted by Gasteiger charge is 2.07. The summed E-state index contributed by atoms with van der Waals surface area (Å²) in [7, 11) is 0. The Morgan fingerprint density at radius 3 is 2.00 bits per heavy atom. The van der Waals surface area contributed by atoms with Gasteiger partial charge in [0.25, 0.3) is 0 Å². The number of hydrogen-bond acceptors (Lipinski definition) is 5. The number of aliphatic hydroxyl groups is 1. The monoisotopic (exact) mass is 242 g/mol. The van der Waals surface area contributed by atoms with Crippen LogP contribution < -0.4 is 11.5 Å². The van der Waals surface area contributed by atoms with Crippen molar-refractivity contribution in [1.82, 2.24) is 0 Å². The summed E-state index contributed by atoms with van der Waals surface area (Å²) in [5, 5.41) is 24.4. The fraction of sp³-hybridized carbons (Fsp3) is 0.200. The average Bonchev–Trinajstić information content (AvgIpc) is 2.28. The minimum absolute atomic E-state index is 0.155. The van der Waals surface area contributed by atoms with Crippen LogP contribution in [0.3, 0.4) is 0 Å². The first kappa shape index (κ1) is 14.9. The Kier molecular flexibility index (Phi) is 6.30. The largest absolute Gasteiger partial charge is 0.480 e. The van der Waals surface area contributed by atoms with Gasteiger partial charge in [0, 0.05) is 5.69 Å². The molecular weight excluding hydrogens is 228 g/mol. The van der Waals surface area contributed by atoms with Gasteiger partial charge in [-0.15, -0.1) is 0 Å². The summed E-state index contributed by atoms with van der Waals surface area (Å²) < 4.78 is 0. The van der Waals surface area contributed by atoms with Crippen LogP contribution in [0.2, 0.25) is 0 Å². The zero-order chi connectivity index (χ0) is 13.4. The van der Waals surface area contributed by atoms with Crippen LogP contribution in [-0.4, -0.2) is 39.9 Å². The van der Waals surface area contributed by atoms with E-state index in [0.29, 0.717) is 5.69 Å². The van der Waals surface area contributed by atoms with Crippen molar-refractivity contribution in [2.45, 2.75) is 6.04 Å². The van der Waals surface area contributed by atoms with E-state index < -0.39 is 24.6 Å². The summed E-state index contributed by atoms with van der Waals surface area (Å²) in [6.45, 7) is -0.505. The van der Waals surface area contributed by atoms with Crippen LogP contribution in [-0.2, 0) is 4.79 Å². The van der Waals surface area contributed by atoms with Crippen molar-refractivity contribution >= 4 is 17.6 Å². The van der Waals surface area contributed by atoms with Crippen LogP contribution in [0.5, 0.6) is 0 Å². The van der Waals surface area contributed by atoms with Gasteiger partial charge >= 0.3 is 11.9 Å². The molecule has 1 aromatic rings. The van der Waals surface area contributed by atoms with Crippen molar-refractivity contribution in [2.24, 2.45) is 5.73 Å². The SMILES string of the molecule is N[C@@H](CO)C(=O)O.Nc1ccccc1C(=O)O. The maximum atomic E-state index is 10.3. The van der Waals surface area contributed by atoms with Gasteiger partial charge in [-0.25, -0.2) is 4.79 Å². The van der Waals surface area contributed by atoms with Gasteiger partial charge in [0.1, 0.15) is 6.04 Å². The lowest BCUT2D eigenvalue weighted by Gasteiger charge is -1.96. The van der Waals surface area contributed by atoms with E-state index in [4.69, 9.17) is 26.8 Å². The van der Waals surface area contributed by atoms with Gasteiger partial charge in [-0.3, -0.25) is 4.79 Å². The zero-order valence-corrected chi connectivity index (χ0v) is 8.91. The molecule has 0 bridgehead atoms. The van der Waals surface area contributed by atoms with E-state index in [-0.39, 0.29) is 5.56 Å². The topological polar surface area (TPSA) is 147 Å². The Morgan fingerprint density at radius 2 is 1.76 bits per heavy atom. The summed E-state index contributed by atoms with van der Waals surface area (Å²) in [5.74, 6) is -2.17. The van der Waals surface area contributed by atoms with Gasteiger partial charge in [-0.1, -0.05) is 12.1 Å². The van der Waals surface area contributed by atoms with E-state index in [0.717, 1.165) is 0 Å². The number of para-hydroxylation sites is 1. The Balaban J connectivity index is 0.000000325. The summed E-state index contributed by atoms with van der Waals surface area (Å²) in [5.41, 5.74) is 10.6. The van der Waals surface area contributed by atoms with Crippen LogP contribution in [0.15, 0.2) is 24.3 Å². The van der Waals surface area contributed by atoms with E-state index in [2.05, 4.69) is 0 Å². The normalized spacial score (nSPS) is 10.9. The summed E-state index contributed by atoms with van der Waals surface area (Å²) in [6.07, 6.45) is 0. The molecule has 0 aromatic heterocycles.